The fraction of sp³-hybridized carbons (Fsp3) is 0.296. The second-order valence-corrected chi connectivity index (χ2v) is 8.93. The van der Waals surface area contributed by atoms with Gasteiger partial charge in [-0.3, -0.25) is 9.69 Å². The molecule has 0 spiro atoms. The minimum Gasteiger partial charge on any atom is -0.342 e. The van der Waals surface area contributed by atoms with Gasteiger partial charge in [0.25, 0.3) is 5.91 Å². The highest BCUT2D eigenvalue weighted by Gasteiger charge is 2.42. The van der Waals surface area contributed by atoms with Gasteiger partial charge in [-0.25, -0.2) is 14.4 Å². The van der Waals surface area contributed by atoms with Crippen LogP contribution in [0.25, 0.3) is 11.8 Å². The molecule has 1 amide bonds. The smallest absolute Gasteiger partial charge is 0.279 e. The van der Waals surface area contributed by atoms with Crippen LogP contribution in [0.3, 0.4) is 0 Å². The fourth-order valence-electron chi connectivity index (χ4n) is 4.78. The molecule has 0 N–H and O–H groups in total. The minimum atomic E-state index is -0.279. The van der Waals surface area contributed by atoms with E-state index in [-0.39, 0.29) is 17.8 Å². The highest BCUT2D eigenvalue weighted by molar-refractivity contribution is 6.14. The van der Waals surface area contributed by atoms with Crippen LogP contribution in [-0.2, 0) is 4.79 Å². The average Bonchev–Trinajstić information content (AvgIpc) is 3.61. The van der Waals surface area contributed by atoms with Gasteiger partial charge in [0.15, 0.2) is 0 Å². The van der Waals surface area contributed by atoms with Crippen LogP contribution in [0.2, 0.25) is 0 Å². The molecule has 1 saturated heterocycles. The number of nitrogens with zero attached hydrogens (tertiary/aromatic N) is 5. The van der Waals surface area contributed by atoms with E-state index in [1.54, 1.807) is 23.4 Å². The Kier molecular flexibility index (Phi) is 15.5. The molecule has 3 heterocycles. The number of guanidine groups is 1. The maximum Gasteiger partial charge on any atom is 0.279 e. The largest absolute Gasteiger partial charge is 0.342 e. The van der Waals surface area contributed by atoms with Gasteiger partial charge in [-0.15, -0.1) is 0 Å². The van der Waals surface area contributed by atoms with Crippen molar-refractivity contribution in [3.05, 3.63) is 88.9 Å². The molecule has 230 valence electrons. The number of imidazole rings is 1. The third kappa shape index (κ3) is 8.36. The van der Waals surface area contributed by atoms with E-state index in [0.29, 0.717) is 11.7 Å². The first-order valence-electron chi connectivity index (χ1n) is 12.3. The molecule has 5 rings (SSSR count). The number of carbonyl (C=O) groups is 1. The Hall–Kier alpha value is -4.30. The van der Waals surface area contributed by atoms with Crippen molar-refractivity contribution < 1.29 is 45.8 Å². The molecule has 0 saturated carbocycles. The summed E-state index contributed by atoms with van der Waals surface area (Å²) in [6, 6.07) is 12.4. The molecule has 0 unspecified atom stereocenters. The quantitative estimate of drug-likeness (QED) is 0.216. The van der Waals surface area contributed by atoms with E-state index >= 15 is 0 Å². The number of aliphatic imine (C=N–C) groups is 1. The van der Waals surface area contributed by atoms with Gasteiger partial charge in [0.1, 0.15) is 11.5 Å². The first-order valence-corrected chi connectivity index (χ1v) is 12.3. The monoisotopic (exact) mass is 609 g/mol. The second kappa shape index (κ2) is 18.2. The predicted octanol–water partition coefficient (Wildman–Crippen LogP) is 8.39. The predicted molar refractivity (Wildman–Crippen MR) is 140 cm³/mol. The zero-order valence-electron chi connectivity index (χ0n) is 22.7. The number of halogens is 9. The molecule has 1 aromatic heterocycles. The minimum absolute atomic E-state index is 0.114. The van der Waals surface area contributed by atoms with Crippen molar-refractivity contribution in [3.8, 4) is 5.69 Å². The van der Waals surface area contributed by atoms with Crippen LogP contribution >= 0.6 is 0 Å². The third-order valence-corrected chi connectivity index (χ3v) is 6.40. The summed E-state index contributed by atoms with van der Waals surface area (Å²) in [6.07, 6.45) is 7.40. The Labute approximate surface area is 235 Å². The summed E-state index contributed by atoms with van der Waals surface area (Å²) in [5.41, 5.74) is 5.37. The van der Waals surface area contributed by atoms with Crippen molar-refractivity contribution >= 4 is 17.9 Å². The molecular weight excluding hydrogens is 581 g/mol. The second-order valence-electron chi connectivity index (χ2n) is 8.93. The zero-order valence-corrected chi connectivity index (χ0v) is 22.7. The molecule has 3 aromatic rings. The van der Waals surface area contributed by atoms with Crippen LogP contribution in [0, 0.1) is 19.7 Å². The molecule has 0 radical (unpaired) electrons. The molecule has 2 aliphatic rings. The van der Waals surface area contributed by atoms with Crippen LogP contribution in [0.1, 0.15) is 48.2 Å². The molecule has 15 heteroatoms. The number of carbonyl (C=O) groups excluding carboxylic acids is 1. The lowest BCUT2D eigenvalue weighted by atomic mass is 9.99. The van der Waals surface area contributed by atoms with Gasteiger partial charge in [-0.05, 0) is 73.7 Å². The lowest BCUT2D eigenvalue weighted by Gasteiger charge is -2.40. The normalized spacial score (nSPS) is 16.0. The Morgan fingerprint density at radius 1 is 0.952 bits per heavy atom. The van der Waals surface area contributed by atoms with Gasteiger partial charge in [0.05, 0.1) is 18.1 Å². The van der Waals surface area contributed by atoms with Gasteiger partial charge >= 0.3 is 0 Å². The summed E-state index contributed by atoms with van der Waals surface area (Å²) in [5, 5.41) is 0. The van der Waals surface area contributed by atoms with E-state index in [1.165, 1.54) is 12.1 Å². The van der Waals surface area contributed by atoms with Gasteiger partial charge in [-0.2, -0.15) is 0 Å². The van der Waals surface area contributed by atoms with E-state index in [9.17, 15) is 9.18 Å². The number of hydrogen-bond donors (Lipinski definition) is 0. The Bertz CT molecular complexity index is 1320. The molecule has 0 bridgehead atoms. The fourth-order valence-corrected chi connectivity index (χ4v) is 4.78. The standard InChI is InChI=1S/C27H28FN5O.4F2/c1-4-12-31-13-11-25(21-6-8-22(28)9-7-21)33-26(34)23(30-27(31)33)15-20-5-10-24(18(2)14-20)32-16-19(3)29-17-32;4*1-2/h5-10,14-17,25H,4,11-13H2,1-3H3;;;;/b23-15-;;;;/t25-;;;;/m1..../s1. The Morgan fingerprint density at radius 3 is 2.14 bits per heavy atom. The van der Waals surface area contributed by atoms with E-state index in [0.717, 1.165) is 54.0 Å². The number of amides is 1. The van der Waals surface area contributed by atoms with E-state index in [1.807, 2.05) is 42.8 Å². The van der Waals surface area contributed by atoms with Crippen LogP contribution in [-0.4, -0.2) is 44.3 Å². The Balaban J connectivity index is 0.00000102. The SMILES string of the molecule is CCCN1CC[C@H](c2ccc(F)cc2)N2C(=O)/C(=C/c3ccc(-n4cnc(C)c4)c(C)c3)N=C12.FF.FF.FF.FF. The first-order chi connectivity index (χ1) is 20.4. The molecule has 1 fully saturated rings. The number of aryl methyl sites for hydroxylation is 2. The van der Waals surface area contributed by atoms with Crippen molar-refractivity contribution in [3.63, 3.8) is 0 Å². The van der Waals surface area contributed by atoms with Crippen LogP contribution in [0.5, 0.6) is 0 Å². The number of fused-ring (bicyclic) bond motifs is 1. The van der Waals surface area contributed by atoms with Crippen LogP contribution in [0.4, 0.5) is 41.0 Å². The van der Waals surface area contributed by atoms with Crippen molar-refractivity contribution in [2.24, 2.45) is 4.99 Å². The molecule has 6 nitrogen and oxygen atoms in total. The highest BCUT2D eigenvalue weighted by Crippen LogP contribution is 2.36. The number of rotatable bonds is 5. The molecule has 2 aromatic carbocycles. The van der Waals surface area contributed by atoms with E-state index in [2.05, 4.69) is 22.9 Å². The topological polar surface area (TPSA) is 53.7 Å². The summed E-state index contributed by atoms with van der Waals surface area (Å²) in [5.74, 6) is 0.303. The molecule has 2 aliphatic heterocycles. The number of benzene rings is 2. The van der Waals surface area contributed by atoms with Crippen molar-refractivity contribution in [1.29, 1.82) is 0 Å². The summed E-state index contributed by atoms with van der Waals surface area (Å²) < 4.78 is 79.5. The molecular formula is C27H28F9N5O. The zero-order chi connectivity index (χ0) is 31.8. The maximum absolute atomic E-state index is 13.6. The van der Waals surface area contributed by atoms with E-state index in [4.69, 9.17) is 41.6 Å². The highest BCUT2D eigenvalue weighted by atomic mass is 20.0. The Morgan fingerprint density at radius 2 is 1.60 bits per heavy atom. The number of hydrogen-bond acceptors (Lipinski definition) is 4. The summed E-state index contributed by atoms with van der Waals surface area (Å²) in [6.45, 7) is 7.78. The van der Waals surface area contributed by atoms with Crippen molar-refractivity contribution in [1.82, 2.24) is 19.4 Å². The lowest BCUT2D eigenvalue weighted by molar-refractivity contribution is -0.125. The van der Waals surface area contributed by atoms with Gasteiger partial charge < -0.3 is 9.47 Å². The van der Waals surface area contributed by atoms with Crippen LogP contribution in [0.15, 0.2) is 65.7 Å². The van der Waals surface area contributed by atoms with Gasteiger partial charge in [-0.1, -0.05) is 25.1 Å². The van der Waals surface area contributed by atoms with Crippen molar-refractivity contribution in [2.75, 3.05) is 13.1 Å². The van der Waals surface area contributed by atoms with E-state index < -0.39 is 0 Å². The maximum atomic E-state index is 13.6. The van der Waals surface area contributed by atoms with Gasteiger partial charge in [0, 0.05) is 61.6 Å². The molecule has 0 aliphatic carbocycles. The first kappa shape index (κ1) is 35.7. The number of aromatic nitrogens is 2. The lowest BCUT2D eigenvalue weighted by Crippen LogP contribution is -2.51. The average molecular weight is 610 g/mol. The van der Waals surface area contributed by atoms with Gasteiger partial charge in [0.2, 0.25) is 5.96 Å². The van der Waals surface area contributed by atoms with Crippen molar-refractivity contribution in [2.45, 2.75) is 39.7 Å². The molecule has 1 atom stereocenters. The third-order valence-electron chi connectivity index (χ3n) is 6.40. The molecule has 42 heavy (non-hydrogen) atoms. The van der Waals surface area contributed by atoms with Crippen LogP contribution < -0.4 is 0 Å². The summed E-state index contributed by atoms with van der Waals surface area (Å²) >= 11 is 0. The summed E-state index contributed by atoms with van der Waals surface area (Å²) in [4.78, 5) is 26.6. The summed E-state index contributed by atoms with van der Waals surface area (Å²) in [7, 11) is 0.